The van der Waals surface area contributed by atoms with Gasteiger partial charge in [-0.25, -0.2) is 0 Å². The van der Waals surface area contributed by atoms with Crippen molar-refractivity contribution in [3.05, 3.63) is 29.3 Å². The lowest BCUT2D eigenvalue weighted by Crippen LogP contribution is -2.17. The molecule has 1 aromatic rings. The van der Waals surface area contributed by atoms with Crippen LogP contribution >= 0.6 is 11.6 Å². The van der Waals surface area contributed by atoms with Crippen molar-refractivity contribution in [2.75, 3.05) is 5.32 Å². The molecular weight excluding hydrogens is 254 g/mol. The number of carbonyl (C=O) groups excluding carboxylic acids is 1. The standard InChI is InChI=1S/C13H14ClNO3/c1-13(2)9(10(13)12(17)18)11(16)15-8-5-3-4-7(14)6-8/h3-6,9-10H,1-2H3,(H,15,16)(H,17,18)/t9-,10+/m1/s1. The van der Waals surface area contributed by atoms with Gasteiger partial charge in [0.2, 0.25) is 5.91 Å². The molecular formula is C13H14ClNO3. The second kappa shape index (κ2) is 4.28. The molecule has 0 saturated heterocycles. The first kappa shape index (κ1) is 12.9. The summed E-state index contributed by atoms with van der Waals surface area (Å²) in [6.45, 7) is 3.57. The number of anilines is 1. The van der Waals surface area contributed by atoms with Crippen molar-refractivity contribution < 1.29 is 14.7 Å². The molecule has 1 saturated carbocycles. The molecule has 0 bridgehead atoms. The lowest BCUT2D eigenvalue weighted by atomic mass is 10.1. The molecule has 0 aliphatic heterocycles. The second-order valence-corrected chi connectivity index (χ2v) is 5.55. The van der Waals surface area contributed by atoms with E-state index in [1.54, 1.807) is 38.1 Å². The van der Waals surface area contributed by atoms with Crippen molar-refractivity contribution in [3.8, 4) is 0 Å². The fourth-order valence-corrected chi connectivity index (χ4v) is 2.56. The van der Waals surface area contributed by atoms with E-state index in [4.69, 9.17) is 16.7 Å². The molecule has 0 spiro atoms. The third kappa shape index (κ3) is 2.20. The van der Waals surface area contributed by atoms with Gasteiger partial charge in [0.1, 0.15) is 0 Å². The average Bonchev–Trinajstić information content (AvgIpc) is 2.81. The quantitative estimate of drug-likeness (QED) is 0.885. The molecule has 1 fully saturated rings. The van der Waals surface area contributed by atoms with Gasteiger partial charge in [0.25, 0.3) is 0 Å². The van der Waals surface area contributed by atoms with Crippen molar-refractivity contribution in [1.29, 1.82) is 0 Å². The zero-order chi connectivity index (χ0) is 13.5. The number of carboxylic acids is 1. The maximum absolute atomic E-state index is 12.0. The largest absolute Gasteiger partial charge is 0.481 e. The Morgan fingerprint density at radius 2 is 2.00 bits per heavy atom. The van der Waals surface area contributed by atoms with E-state index in [0.29, 0.717) is 10.7 Å². The summed E-state index contributed by atoms with van der Waals surface area (Å²) in [6, 6.07) is 6.78. The number of aliphatic carboxylic acids is 1. The number of amides is 1. The normalized spacial score (nSPS) is 24.4. The van der Waals surface area contributed by atoms with E-state index in [1.807, 2.05) is 0 Å². The van der Waals surface area contributed by atoms with Crippen molar-refractivity contribution in [2.45, 2.75) is 13.8 Å². The van der Waals surface area contributed by atoms with Gasteiger partial charge in [-0.3, -0.25) is 9.59 Å². The minimum Gasteiger partial charge on any atom is -0.481 e. The van der Waals surface area contributed by atoms with E-state index in [2.05, 4.69) is 5.32 Å². The van der Waals surface area contributed by atoms with Crippen molar-refractivity contribution in [1.82, 2.24) is 0 Å². The second-order valence-electron chi connectivity index (χ2n) is 5.11. The first-order chi connectivity index (χ1) is 8.34. The topological polar surface area (TPSA) is 66.4 Å². The maximum atomic E-state index is 12.0. The molecule has 0 heterocycles. The molecule has 1 aliphatic carbocycles. The van der Waals surface area contributed by atoms with Gasteiger partial charge in [0.15, 0.2) is 0 Å². The Labute approximate surface area is 110 Å². The van der Waals surface area contributed by atoms with Crippen LogP contribution in [0.1, 0.15) is 13.8 Å². The predicted octanol–water partition coefficient (Wildman–Crippen LogP) is 2.64. The molecule has 0 radical (unpaired) electrons. The summed E-state index contributed by atoms with van der Waals surface area (Å²) in [5.74, 6) is -2.30. The third-order valence-corrected chi connectivity index (χ3v) is 3.70. The molecule has 2 rings (SSSR count). The van der Waals surface area contributed by atoms with Gasteiger partial charge in [-0.05, 0) is 23.6 Å². The van der Waals surface area contributed by atoms with Crippen molar-refractivity contribution in [2.24, 2.45) is 17.3 Å². The first-order valence-corrected chi connectivity index (χ1v) is 6.01. The van der Waals surface area contributed by atoms with Gasteiger partial charge < -0.3 is 10.4 Å². The average molecular weight is 268 g/mol. The molecule has 96 valence electrons. The van der Waals surface area contributed by atoms with E-state index < -0.39 is 23.2 Å². The maximum Gasteiger partial charge on any atom is 0.307 e. The molecule has 1 aromatic carbocycles. The monoisotopic (exact) mass is 267 g/mol. The predicted molar refractivity (Wildman–Crippen MR) is 68.5 cm³/mol. The number of hydrogen-bond acceptors (Lipinski definition) is 2. The number of rotatable bonds is 3. The summed E-state index contributed by atoms with van der Waals surface area (Å²) < 4.78 is 0. The van der Waals surface area contributed by atoms with E-state index in [1.165, 1.54) is 0 Å². The molecule has 18 heavy (non-hydrogen) atoms. The van der Waals surface area contributed by atoms with E-state index in [0.717, 1.165) is 0 Å². The molecule has 0 aromatic heterocycles. The highest BCUT2D eigenvalue weighted by Crippen LogP contribution is 2.58. The van der Waals surface area contributed by atoms with E-state index >= 15 is 0 Å². The number of halogens is 1. The number of nitrogens with one attached hydrogen (secondary N) is 1. The molecule has 1 amide bonds. The zero-order valence-electron chi connectivity index (χ0n) is 10.1. The highest BCUT2D eigenvalue weighted by molar-refractivity contribution is 6.30. The highest BCUT2D eigenvalue weighted by Gasteiger charge is 2.65. The number of carbonyl (C=O) groups is 2. The van der Waals surface area contributed by atoms with Crippen LogP contribution in [-0.2, 0) is 9.59 Å². The Kier molecular flexibility index (Phi) is 3.07. The molecule has 5 heteroatoms. The smallest absolute Gasteiger partial charge is 0.307 e. The van der Waals surface area contributed by atoms with Crippen LogP contribution in [0.15, 0.2) is 24.3 Å². The minimum atomic E-state index is -0.925. The van der Waals surface area contributed by atoms with Crippen molar-refractivity contribution >= 4 is 29.2 Å². The summed E-state index contributed by atoms with van der Waals surface area (Å²) in [5, 5.41) is 12.2. The van der Waals surface area contributed by atoms with Gasteiger partial charge in [0, 0.05) is 10.7 Å². The number of hydrogen-bond donors (Lipinski definition) is 2. The van der Waals surface area contributed by atoms with Crippen LogP contribution in [0.25, 0.3) is 0 Å². The first-order valence-electron chi connectivity index (χ1n) is 5.63. The lowest BCUT2D eigenvalue weighted by molar-refractivity contribution is -0.140. The fraction of sp³-hybridized carbons (Fsp3) is 0.385. The van der Waals surface area contributed by atoms with Gasteiger partial charge in [-0.1, -0.05) is 31.5 Å². The summed E-state index contributed by atoms with van der Waals surface area (Å²) in [7, 11) is 0. The molecule has 1 aliphatic rings. The van der Waals surface area contributed by atoms with E-state index in [9.17, 15) is 9.59 Å². The van der Waals surface area contributed by atoms with Crippen LogP contribution in [0.4, 0.5) is 5.69 Å². The Bertz CT molecular complexity index is 513. The number of carboxylic acid groups (broad SMARTS) is 1. The van der Waals surface area contributed by atoms with Crippen LogP contribution in [0.5, 0.6) is 0 Å². The Hall–Kier alpha value is -1.55. The third-order valence-electron chi connectivity index (χ3n) is 3.47. The fourth-order valence-electron chi connectivity index (χ4n) is 2.37. The van der Waals surface area contributed by atoms with Crippen molar-refractivity contribution in [3.63, 3.8) is 0 Å². The summed E-state index contributed by atoms with van der Waals surface area (Å²) >= 11 is 5.81. The van der Waals surface area contributed by atoms with Crippen LogP contribution in [0.3, 0.4) is 0 Å². The molecule has 0 unspecified atom stereocenters. The lowest BCUT2D eigenvalue weighted by Gasteiger charge is -2.06. The summed E-state index contributed by atoms with van der Waals surface area (Å²) in [5.41, 5.74) is 0.0911. The zero-order valence-corrected chi connectivity index (χ0v) is 10.9. The Morgan fingerprint density at radius 3 is 2.50 bits per heavy atom. The van der Waals surface area contributed by atoms with Crippen LogP contribution in [0, 0.1) is 17.3 Å². The van der Waals surface area contributed by atoms with E-state index in [-0.39, 0.29) is 5.91 Å². The van der Waals surface area contributed by atoms with Gasteiger partial charge in [0.05, 0.1) is 11.8 Å². The van der Waals surface area contributed by atoms with Gasteiger partial charge in [-0.15, -0.1) is 0 Å². The summed E-state index contributed by atoms with van der Waals surface area (Å²) in [4.78, 5) is 23.0. The SMILES string of the molecule is CC1(C)[C@H](C(=O)O)[C@@H]1C(=O)Nc1cccc(Cl)c1. The molecule has 2 atom stereocenters. The summed E-state index contributed by atoms with van der Waals surface area (Å²) in [6.07, 6.45) is 0. The Balaban J connectivity index is 2.08. The Morgan fingerprint density at radius 1 is 1.33 bits per heavy atom. The number of benzene rings is 1. The van der Waals surface area contributed by atoms with Gasteiger partial charge >= 0.3 is 5.97 Å². The van der Waals surface area contributed by atoms with Crippen LogP contribution < -0.4 is 5.32 Å². The van der Waals surface area contributed by atoms with Gasteiger partial charge in [-0.2, -0.15) is 0 Å². The van der Waals surface area contributed by atoms with Crippen LogP contribution in [0.2, 0.25) is 5.02 Å². The molecule has 4 nitrogen and oxygen atoms in total. The highest BCUT2D eigenvalue weighted by atomic mass is 35.5. The minimum absolute atomic E-state index is 0.269. The van der Waals surface area contributed by atoms with Crippen LogP contribution in [-0.4, -0.2) is 17.0 Å². The molecule has 2 N–H and O–H groups in total.